The molecular weight excluding hydrogens is 384 g/mol. The predicted molar refractivity (Wildman–Crippen MR) is 87.7 cm³/mol. The normalized spacial score (nSPS) is 14.6. The van der Waals surface area contributed by atoms with E-state index in [1.165, 1.54) is 0 Å². The highest BCUT2D eigenvalue weighted by molar-refractivity contribution is 9.10. The standard InChI is InChI=1S/C15H18Br2N2O/c1-4-15(20,11-6-5-7-12(16)8-11)14-13(17)9-18-19(14)10(2)3/h5-10,20H,4H2,1-3H3. The largest absolute Gasteiger partial charge is 0.379 e. The van der Waals surface area contributed by atoms with E-state index in [4.69, 9.17) is 0 Å². The Bertz CT molecular complexity index is 610. The molecule has 0 radical (unpaired) electrons. The van der Waals surface area contributed by atoms with Crippen LogP contribution in [-0.2, 0) is 5.60 Å². The van der Waals surface area contributed by atoms with E-state index < -0.39 is 5.60 Å². The van der Waals surface area contributed by atoms with Crippen LogP contribution in [0.3, 0.4) is 0 Å². The lowest BCUT2D eigenvalue weighted by molar-refractivity contribution is 0.0643. The van der Waals surface area contributed by atoms with Crippen molar-refractivity contribution in [3.05, 3.63) is 50.7 Å². The van der Waals surface area contributed by atoms with Crippen LogP contribution in [0.15, 0.2) is 39.4 Å². The Kier molecular flexibility index (Phi) is 4.72. The molecule has 2 aromatic rings. The van der Waals surface area contributed by atoms with E-state index >= 15 is 0 Å². The molecule has 20 heavy (non-hydrogen) atoms. The molecule has 0 aliphatic heterocycles. The Balaban J connectivity index is 2.65. The molecule has 1 atom stereocenters. The maximum atomic E-state index is 11.3. The minimum absolute atomic E-state index is 0.182. The van der Waals surface area contributed by atoms with Gasteiger partial charge in [-0.1, -0.05) is 35.0 Å². The van der Waals surface area contributed by atoms with Gasteiger partial charge in [-0.15, -0.1) is 0 Å². The summed E-state index contributed by atoms with van der Waals surface area (Å²) in [6, 6.07) is 7.96. The van der Waals surface area contributed by atoms with Crippen molar-refractivity contribution in [2.75, 3.05) is 0 Å². The minimum Gasteiger partial charge on any atom is -0.379 e. The number of aliphatic hydroxyl groups is 1. The molecule has 0 fully saturated rings. The topological polar surface area (TPSA) is 38.1 Å². The van der Waals surface area contributed by atoms with Crippen LogP contribution in [0, 0.1) is 0 Å². The number of hydrogen-bond acceptors (Lipinski definition) is 2. The highest BCUT2D eigenvalue weighted by Crippen LogP contribution is 2.38. The summed E-state index contributed by atoms with van der Waals surface area (Å²) in [4.78, 5) is 0. The van der Waals surface area contributed by atoms with Crippen LogP contribution < -0.4 is 0 Å². The third kappa shape index (κ3) is 2.71. The van der Waals surface area contributed by atoms with E-state index in [1.807, 2.05) is 35.9 Å². The van der Waals surface area contributed by atoms with E-state index in [0.717, 1.165) is 20.2 Å². The van der Waals surface area contributed by atoms with E-state index in [0.29, 0.717) is 6.42 Å². The molecule has 108 valence electrons. The van der Waals surface area contributed by atoms with Gasteiger partial charge in [0.2, 0.25) is 0 Å². The summed E-state index contributed by atoms with van der Waals surface area (Å²) in [5, 5.41) is 15.7. The molecule has 0 saturated carbocycles. The van der Waals surface area contributed by atoms with Crippen molar-refractivity contribution in [1.29, 1.82) is 0 Å². The first-order valence-corrected chi connectivity index (χ1v) is 8.20. The zero-order valence-electron chi connectivity index (χ0n) is 11.8. The lowest BCUT2D eigenvalue weighted by Crippen LogP contribution is -2.31. The summed E-state index contributed by atoms with van der Waals surface area (Å²) in [6.45, 7) is 6.09. The molecular formula is C15H18Br2N2O. The van der Waals surface area contributed by atoms with Crippen LogP contribution in [0.5, 0.6) is 0 Å². The number of hydrogen-bond donors (Lipinski definition) is 1. The van der Waals surface area contributed by atoms with Crippen molar-refractivity contribution >= 4 is 31.9 Å². The van der Waals surface area contributed by atoms with Crippen LogP contribution in [-0.4, -0.2) is 14.9 Å². The molecule has 5 heteroatoms. The van der Waals surface area contributed by atoms with Gasteiger partial charge in [-0.25, -0.2) is 0 Å². The van der Waals surface area contributed by atoms with Crippen molar-refractivity contribution in [2.45, 2.75) is 38.8 Å². The maximum absolute atomic E-state index is 11.3. The van der Waals surface area contributed by atoms with E-state index in [2.05, 4.69) is 50.8 Å². The molecule has 1 unspecified atom stereocenters. The van der Waals surface area contributed by atoms with Crippen LogP contribution in [0.2, 0.25) is 0 Å². The van der Waals surface area contributed by atoms with E-state index in [-0.39, 0.29) is 6.04 Å². The molecule has 3 nitrogen and oxygen atoms in total. The molecule has 1 N–H and O–H groups in total. The fourth-order valence-corrected chi connectivity index (χ4v) is 3.37. The average Bonchev–Trinajstić information content (AvgIpc) is 2.80. The first-order chi connectivity index (χ1) is 9.40. The van der Waals surface area contributed by atoms with Crippen molar-refractivity contribution in [3.63, 3.8) is 0 Å². The summed E-state index contributed by atoms with van der Waals surface area (Å²) in [5.74, 6) is 0. The maximum Gasteiger partial charge on any atom is 0.132 e. The number of nitrogens with zero attached hydrogens (tertiary/aromatic N) is 2. The molecule has 0 spiro atoms. The van der Waals surface area contributed by atoms with Crippen LogP contribution in [0.25, 0.3) is 0 Å². The predicted octanol–water partition coefficient (Wildman–Crippen LogP) is 4.63. The highest BCUT2D eigenvalue weighted by atomic mass is 79.9. The highest BCUT2D eigenvalue weighted by Gasteiger charge is 2.36. The van der Waals surface area contributed by atoms with Gasteiger partial charge in [0.15, 0.2) is 0 Å². The second-order valence-corrected chi connectivity index (χ2v) is 6.87. The molecule has 2 rings (SSSR count). The van der Waals surface area contributed by atoms with Crippen molar-refractivity contribution in [3.8, 4) is 0 Å². The molecule has 0 aliphatic rings. The summed E-state index contributed by atoms with van der Waals surface area (Å²) in [6.07, 6.45) is 2.31. The van der Waals surface area contributed by atoms with Gasteiger partial charge < -0.3 is 5.11 Å². The quantitative estimate of drug-likeness (QED) is 0.810. The zero-order valence-corrected chi connectivity index (χ0v) is 14.9. The number of halogens is 2. The monoisotopic (exact) mass is 400 g/mol. The second-order valence-electron chi connectivity index (χ2n) is 5.10. The third-order valence-electron chi connectivity index (χ3n) is 3.45. The average molecular weight is 402 g/mol. The van der Waals surface area contributed by atoms with E-state index in [9.17, 15) is 5.11 Å². The smallest absolute Gasteiger partial charge is 0.132 e. The Morgan fingerprint density at radius 3 is 2.60 bits per heavy atom. The van der Waals surface area contributed by atoms with Gasteiger partial charge in [0.25, 0.3) is 0 Å². The Hall–Kier alpha value is -0.650. The molecule has 1 aromatic heterocycles. The Labute approximate surface area is 136 Å². The first-order valence-electron chi connectivity index (χ1n) is 6.62. The zero-order chi connectivity index (χ0) is 14.9. The summed E-state index contributed by atoms with van der Waals surface area (Å²) in [7, 11) is 0. The van der Waals surface area contributed by atoms with Gasteiger partial charge in [0, 0.05) is 10.5 Å². The third-order valence-corrected chi connectivity index (χ3v) is 4.52. The molecule has 1 heterocycles. The van der Waals surface area contributed by atoms with Gasteiger partial charge in [-0.3, -0.25) is 4.68 Å². The molecule has 1 aromatic carbocycles. The molecule has 0 amide bonds. The Morgan fingerprint density at radius 2 is 2.05 bits per heavy atom. The summed E-state index contributed by atoms with van der Waals surface area (Å²) >= 11 is 6.99. The van der Waals surface area contributed by atoms with Gasteiger partial charge in [-0.2, -0.15) is 5.10 Å². The van der Waals surface area contributed by atoms with Gasteiger partial charge in [-0.05, 0) is 53.9 Å². The fraction of sp³-hybridized carbons (Fsp3) is 0.400. The van der Waals surface area contributed by atoms with Gasteiger partial charge >= 0.3 is 0 Å². The lowest BCUT2D eigenvalue weighted by Gasteiger charge is -2.30. The van der Waals surface area contributed by atoms with Crippen molar-refractivity contribution < 1.29 is 5.11 Å². The minimum atomic E-state index is -1.07. The Morgan fingerprint density at radius 1 is 1.35 bits per heavy atom. The fourth-order valence-electron chi connectivity index (χ4n) is 2.37. The van der Waals surface area contributed by atoms with Crippen molar-refractivity contribution in [2.24, 2.45) is 0 Å². The van der Waals surface area contributed by atoms with Gasteiger partial charge in [0.1, 0.15) is 5.60 Å². The summed E-state index contributed by atoms with van der Waals surface area (Å²) < 4.78 is 3.65. The molecule has 0 aliphatic carbocycles. The molecule has 0 bridgehead atoms. The first kappa shape index (κ1) is 15.7. The second kappa shape index (κ2) is 6.00. The van der Waals surface area contributed by atoms with Crippen LogP contribution >= 0.6 is 31.9 Å². The number of rotatable bonds is 4. The summed E-state index contributed by atoms with van der Waals surface area (Å²) in [5.41, 5.74) is 0.592. The van der Waals surface area contributed by atoms with Gasteiger partial charge in [0.05, 0.1) is 16.4 Å². The lowest BCUT2D eigenvalue weighted by atomic mass is 9.87. The van der Waals surface area contributed by atoms with Crippen LogP contribution in [0.1, 0.15) is 44.5 Å². The van der Waals surface area contributed by atoms with Crippen molar-refractivity contribution in [1.82, 2.24) is 9.78 Å². The van der Waals surface area contributed by atoms with E-state index in [1.54, 1.807) is 6.20 Å². The molecule has 0 saturated heterocycles. The van der Waals surface area contributed by atoms with Crippen LogP contribution in [0.4, 0.5) is 0 Å². The number of benzene rings is 1. The number of aromatic nitrogens is 2. The SMILES string of the molecule is CCC(O)(c1cccc(Br)c1)c1c(Br)cnn1C(C)C.